The third-order valence-corrected chi connectivity index (χ3v) is 14.2. The van der Waals surface area contributed by atoms with Crippen LogP contribution in [0.1, 0.15) is 316 Å². The highest BCUT2D eigenvalue weighted by Gasteiger charge is 2.25. The van der Waals surface area contributed by atoms with Gasteiger partial charge in [0.1, 0.15) is 12.6 Å². The largest absolute Gasteiger partial charge is 0.544 e. The van der Waals surface area contributed by atoms with Gasteiger partial charge in [0.2, 0.25) is 0 Å². The summed E-state index contributed by atoms with van der Waals surface area (Å²) in [6.07, 6.45) is 58.7. The minimum absolute atomic E-state index is 0.0503. The molecule has 0 aliphatic heterocycles. The third kappa shape index (κ3) is 49.3. The highest BCUT2D eigenvalue weighted by molar-refractivity contribution is 5.70. The van der Waals surface area contributed by atoms with Crippen molar-refractivity contribution >= 4 is 17.9 Å². The van der Waals surface area contributed by atoms with Crippen LogP contribution in [0.4, 0.5) is 0 Å². The Morgan fingerprint density at radius 1 is 0.382 bits per heavy atom. The lowest BCUT2D eigenvalue weighted by Gasteiger charge is -2.34. The molecular weight excluding hydrogens is 847 g/mol. The van der Waals surface area contributed by atoms with Crippen molar-refractivity contribution in [1.29, 1.82) is 0 Å². The molecule has 0 saturated carbocycles. The Bertz CT molecular complexity index is 1080. The van der Waals surface area contributed by atoms with E-state index in [-0.39, 0.29) is 42.7 Å². The van der Waals surface area contributed by atoms with E-state index in [1.54, 1.807) is 0 Å². The topological polar surface area (TPSA) is 102 Å². The van der Waals surface area contributed by atoms with Gasteiger partial charge < -0.3 is 28.6 Å². The summed E-state index contributed by atoms with van der Waals surface area (Å²) in [5, 5.41) is 11.7. The van der Waals surface area contributed by atoms with Gasteiger partial charge in [-0.3, -0.25) is 9.59 Å². The van der Waals surface area contributed by atoms with E-state index in [0.717, 1.165) is 38.5 Å². The maximum Gasteiger partial charge on any atom is 0.306 e. The fraction of sp³-hybridized carbons (Fsp3) is 0.950. The number of carboxylic acids is 1. The Balaban J connectivity index is 4.08. The Kier molecular flexibility index (Phi) is 50.4. The van der Waals surface area contributed by atoms with Gasteiger partial charge in [-0.25, -0.2) is 0 Å². The number of aliphatic carboxylic acids is 1. The molecule has 2 atom stereocenters. The minimum atomic E-state index is -1.12. The highest BCUT2D eigenvalue weighted by atomic mass is 16.6. The Labute approximate surface area is 423 Å². The zero-order valence-electron chi connectivity index (χ0n) is 46.3. The highest BCUT2D eigenvalue weighted by Crippen LogP contribution is 2.18. The van der Waals surface area contributed by atoms with Crippen molar-refractivity contribution in [2.45, 2.75) is 328 Å². The van der Waals surface area contributed by atoms with E-state index in [1.165, 1.54) is 244 Å². The summed E-state index contributed by atoms with van der Waals surface area (Å²) in [7, 11) is 5.44. The molecule has 8 nitrogen and oxygen atoms in total. The van der Waals surface area contributed by atoms with Gasteiger partial charge in [0.25, 0.3) is 0 Å². The number of rotatable bonds is 56. The standard InChI is InChI=1S/C60H117NO7/c1-6-8-10-12-14-16-18-20-22-24-26-28-30-32-34-36-38-40-42-44-46-48-50-58(62)67-55-56(54-66-53-52-57(60(64)65)61(3,4)5)68-59(63)51-49-47-45-43-41-39-37-35-33-31-29-27-25-23-21-19-17-15-13-11-9-7-2/h56-57H,6-55H2,1-5H3. The summed E-state index contributed by atoms with van der Waals surface area (Å²) in [5.74, 6) is -1.70. The molecule has 0 bridgehead atoms. The summed E-state index contributed by atoms with van der Waals surface area (Å²) in [6, 6.07) is -0.721. The van der Waals surface area contributed by atoms with Crippen LogP contribution < -0.4 is 5.11 Å². The van der Waals surface area contributed by atoms with Crippen LogP contribution in [0.3, 0.4) is 0 Å². The molecule has 0 radical (unpaired) electrons. The lowest BCUT2D eigenvalue weighted by Crippen LogP contribution is -2.55. The van der Waals surface area contributed by atoms with E-state index in [1.807, 2.05) is 21.1 Å². The molecule has 0 aliphatic carbocycles. The number of hydrogen-bond acceptors (Lipinski definition) is 7. The second kappa shape index (κ2) is 51.7. The van der Waals surface area contributed by atoms with Crippen molar-refractivity contribution in [2.75, 3.05) is 41.0 Å². The monoisotopic (exact) mass is 964 g/mol. The first-order valence-corrected chi connectivity index (χ1v) is 30.1. The van der Waals surface area contributed by atoms with Crippen molar-refractivity contribution < 1.29 is 38.2 Å². The fourth-order valence-electron chi connectivity index (χ4n) is 9.61. The molecule has 0 fully saturated rings. The number of esters is 2. The molecule has 0 aliphatic rings. The van der Waals surface area contributed by atoms with Crippen LogP contribution in [0.5, 0.6) is 0 Å². The summed E-state index contributed by atoms with van der Waals surface area (Å²) in [6.45, 7) is 4.75. The Hall–Kier alpha value is -1.67. The maximum absolute atomic E-state index is 12.8. The molecule has 68 heavy (non-hydrogen) atoms. The lowest BCUT2D eigenvalue weighted by molar-refractivity contribution is -0.889. The predicted molar refractivity (Wildman–Crippen MR) is 287 cm³/mol. The van der Waals surface area contributed by atoms with Gasteiger partial charge in [-0.2, -0.15) is 0 Å². The van der Waals surface area contributed by atoms with E-state index in [0.29, 0.717) is 12.8 Å². The predicted octanol–water partition coefficient (Wildman–Crippen LogP) is 16.7. The Morgan fingerprint density at radius 3 is 0.912 bits per heavy atom. The zero-order chi connectivity index (χ0) is 49.9. The van der Waals surface area contributed by atoms with Gasteiger partial charge in [-0.05, 0) is 12.8 Å². The molecule has 0 aromatic rings. The second-order valence-electron chi connectivity index (χ2n) is 22.0. The number of carboxylic acid groups (broad SMARTS) is 1. The fourth-order valence-corrected chi connectivity index (χ4v) is 9.61. The van der Waals surface area contributed by atoms with E-state index in [2.05, 4.69) is 13.8 Å². The van der Waals surface area contributed by atoms with Crippen LogP contribution in [0, 0.1) is 0 Å². The summed E-state index contributed by atoms with van der Waals surface area (Å²) < 4.78 is 17.3. The van der Waals surface area contributed by atoms with Crippen LogP contribution in [0.25, 0.3) is 0 Å². The molecule has 0 heterocycles. The van der Waals surface area contributed by atoms with Gasteiger partial charge in [0.05, 0.1) is 40.3 Å². The molecule has 0 rings (SSSR count). The zero-order valence-corrected chi connectivity index (χ0v) is 46.3. The van der Waals surface area contributed by atoms with Crippen LogP contribution >= 0.6 is 0 Å². The average molecular weight is 965 g/mol. The maximum atomic E-state index is 12.8. The van der Waals surface area contributed by atoms with Crippen LogP contribution in [-0.4, -0.2) is 75.5 Å². The van der Waals surface area contributed by atoms with Crippen molar-refractivity contribution in [3.05, 3.63) is 0 Å². The van der Waals surface area contributed by atoms with Crippen molar-refractivity contribution in [1.82, 2.24) is 0 Å². The first-order chi connectivity index (χ1) is 33.1. The lowest BCUT2D eigenvalue weighted by atomic mass is 10.0. The van der Waals surface area contributed by atoms with Crippen LogP contribution in [0.2, 0.25) is 0 Å². The van der Waals surface area contributed by atoms with E-state index in [9.17, 15) is 19.5 Å². The number of ether oxygens (including phenoxy) is 3. The van der Waals surface area contributed by atoms with Crippen LogP contribution in [-0.2, 0) is 28.6 Å². The molecule has 404 valence electrons. The molecule has 2 unspecified atom stereocenters. The number of carbonyl (C=O) groups is 3. The van der Waals surface area contributed by atoms with E-state index in [4.69, 9.17) is 14.2 Å². The molecule has 0 spiro atoms. The quantitative estimate of drug-likeness (QED) is 0.0340. The van der Waals surface area contributed by atoms with E-state index >= 15 is 0 Å². The molecule has 0 saturated heterocycles. The van der Waals surface area contributed by atoms with Gasteiger partial charge in [0, 0.05) is 19.3 Å². The van der Waals surface area contributed by atoms with Crippen molar-refractivity contribution in [2.24, 2.45) is 0 Å². The number of likely N-dealkylation sites (N-methyl/N-ethyl adjacent to an activating group) is 1. The molecule has 0 aromatic heterocycles. The molecular formula is C60H117NO7. The number of nitrogens with zero attached hydrogens (tertiary/aromatic N) is 1. The van der Waals surface area contributed by atoms with Gasteiger partial charge in [-0.15, -0.1) is 0 Å². The number of quaternary nitrogens is 1. The van der Waals surface area contributed by atoms with Gasteiger partial charge >= 0.3 is 11.9 Å². The van der Waals surface area contributed by atoms with Crippen LogP contribution in [0.15, 0.2) is 0 Å². The SMILES string of the molecule is CCCCCCCCCCCCCCCCCCCCCCCCC(=O)OCC(COCCC(C(=O)[O-])[N+](C)(C)C)OC(=O)CCCCCCCCCCCCCCCCCCCCCCCC. The first kappa shape index (κ1) is 66.3. The normalized spacial score (nSPS) is 12.7. The molecule has 8 heteroatoms. The Morgan fingerprint density at radius 2 is 0.647 bits per heavy atom. The summed E-state index contributed by atoms with van der Waals surface area (Å²) in [4.78, 5) is 37.2. The van der Waals surface area contributed by atoms with E-state index < -0.39 is 18.1 Å². The smallest absolute Gasteiger partial charge is 0.306 e. The molecule has 0 amide bonds. The summed E-state index contributed by atoms with van der Waals surface area (Å²) in [5.41, 5.74) is 0. The second-order valence-corrected chi connectivity index (χ2v) is 22.0. The third-order valence-electron chi connectivity index (χ3n) is 14.2. The molecule has 0 N–H and O–H groups in total. The number of hydrogen-bond donors (Lipinski definition) is 0. The van der Waals surface area contributed by atoms with Crippen molar-refractivity contribution in [3.8, 4) is 0 Å². The first-order valence-electron chi connectivity index (χ1n) is 30.1. The van der Waals surface area contributed by atoms with Gasteiger partial charge in [0.15, 0.2) is 6.10 Å². The number of unbranched alkanes of at least 4 members (excludes halogenated alkanes) is 42. The molecule has 0 aromatic carbocycles. The van der Waals surface area contributed by atoms with Gasteiger partial charge in [-0.1, -0.05) is 284 Å². The van der Waals surface area contributed by atoms with Crippen molar-refractivity contribution in [3.63, 3.8) is 0 Å². The average Bonchev–Trinajstić information content (AvgIpc) is 3.30. The minimum Gasteiger partial charge on any atom is -0.544 e. The summed E-state index contributed by atoms with van der Waals surface area (Å²) >= 11 is 0. The number of carbonyl (C=O) groups excluding carboxylic acids is 3.